The van der Waals surface area contributed by atoms with Gasteiger partial charge in [-0.2, -0.15) is 0 Å². The predicted octanol–water partition coefficient (Wildman–Crippen LogP) is 4.30. The second-order valence-electron chi connectivity index (χ2n) is 6.70. The Morgan fingerprint density at radius 1 is 0.966 bits per heavy atom. The molecule has 3 rings (SSSR count). The molecule has 29 heavy (non-hydrogen) atoms. The highest BCUT2D eigenvalue weighted by atomic mass is 16.3. The summed E-state index contributed by atoms with van der Waals surface area (Å²) in [5.74, 6) is -0.213. The third-order valence-corrected chi connectivity index (χ3v) is 4.46. The molecule has 0 bridgehead atoms. The Hall–Kier alpha value is -3.67. The van der Waals surface area contributed by atoms with Gasteiger partial charge < -0.3 is 19.8 Å². The number of hydrogen-bond donors (Lipinski definition) is 2. The molecule has 1 heterocycles. The summed E-state index contributed by atoms with van der Waals surface area (Å²) in [4.78, 5) is 34.7. The number of rotatable bonds is 8. The lowest BCUT2D eigenvalue weighted by molar-refractivity contribution is -0.108. The van der Waals surface area contributed by atoms with E-state index >= 15 is 0 Å². The van der Waals surface area contributed by atoms with Gasteiger partial charge in [0.15, 0.2) is 5.76 Å². The Morgan fingerprint density at radius 3 is 2.21 bits per heavy atom. The Kier molecular flexibility index (Phi) is 6.58. The summed E-state index contributed by atoms with van der Waals surface area (Å²) in [5.41, 5.74) is 3.15. The summed E-state index contributed by atoms with van der Waals surface area (Å²) >= 11 is 0. The molecule has 2 aromatic carbocycles. The van der Waals surface area contributed by atoms with Gasteiger partial charge in [0, 0.05) is 23.7 Å². The standard InChI is InChI=1S/C23H22N2O4/c1-16(4-2-14-26)24-22(27)19-8-6-17(7-9-19)18-10-12-20(13-11-18)25-23(28)21-5-3-15-29-21/h3,5-16H,2,4H2,1H3,(H,24,27)(H,25,28)/t16-/m1/s1. The molecular formula is C23H22N2O4. The summed E-state index contributed by atoms with van der Waals surface area (Å²) in [6.07, 6.45) is 3.35. The molecule has 0 aliphatic rings. The van der Waals surface area contributed by atoms with Crippen LogP contribution < -0.4 is 10.6 Å². The van der Waals surface area contributed by atoms with E-state index in [-0.39, 0.29) is 23.6 Å². The molecule has 2 N–H and O–H groups in total. The van der Waals surface area contributed by atoms with Crippen molar-refractivity contribution in [3.63, 3.8) is 0 Å². The van der Waals surface area contributed by atoms with Crippen molar-refractivity contribution in [3.8, 4) is 11.1 Å². The highest BCUT2D eigenvalue weighted by Crippen LogP contribution is 2.22. The van der Waals surface area contributed by atoms with Crippen LogP contribution in [0.15, 0.2) is 71.3 Å². The van der Waals surface area contributed by atoms with Crippen LogP contribution in [0.5, 0.6) is 0 Å². The van der Waals surface area contributed by atoms with Gasteiger partial charge in [0.2, 0.25) is 0 Å². The van der Waals surface area contributed by atoms with E-state index in [2.05, 4.69) is 10.6 Å². The maximum atomic E-state index is 12.3. The average Bonchev–Trinajstić information content (AvgIpc) is 3.28. The maximum absolute atomic E-state index is 12.3. The minimum atomic E-state index is -0.305. The topological polar surface area (TPSA) is 88.4 Å². The molecule has 2 amide bonds. The van der Waals surface area contributed by atoms with Crippen LogP contribution in [-0.4, -0.2) is 24.1 Å². The normalized spacial score (nSPS) is 11.5. The maximum Gasteiger partial charge on any atom is 0.291 e. The fourth-order valence-corrected chi connectivity index (χ4v) is 2.86. The monoisotopic (exact) mass is 390 g/mol. The van der Waals surface area contributed by atoms with Crippen molar-refractivity contribution in [1.82, 2.24) is 5.32 Å². The van der Waals surface area contributed by atoms with Gasteiger partial charge in [-0.3, -0.25) is 9.59 Å². The molecule has 0 saturated carbocycles. The third-order valence-electron chi connectivity index (χ3n) is 4.46. The highest BCUT2D eigenvalue weighted by molar-refractivity contribution is 6.02. The largest absolute Gasteiger partial charge is 0.459 e. The molecule has 0 radical (unpaired) electrons. The van der Waals surface area contributed by atoms with Crippen LogP contribution in [0, 0.1) is 0 Å². The Bertz CT molecular complexity index is 961. The number of benzene rings is 2. The van der Waals surface area contributed by atoms with Crippen molar-refractivity contribution < 1.29 is 18.8 Å². The number of aldehydes is 1. The minimum Gasteiger partial charge on any atom is -0.459 e. The number of furan rings is 1. The molecular weight excluding hydrogens is 368 g/mol. The number of carbonyl (C=O) groups excluding carboxylic acids is 3. The minimum absolute atomic E-state index is 0.0590. The fraction of sp³-hybridized carbons (Fsp3) is 0.174. The van der Waals surface area contributed by atoms with E-state index in [1.165, 1.54) is 6.26 Å². The first-order valence-corrected chi connectivity index (χ1v) is 9.36. The van der Waals surface area contributed by atoms with Crippen LogP contribution in [-0.2, 0) is 4.79 Å². The molecule has 0 aliphatic carbocycles. The molecule has 1 atom stereocenters. The van der Waals surface area contributed by atoms with Crippen molar-refractivity contribution in [3.05, 3.63) is 78.3 Å². The van der Waals surface area contributed by atoms with Crippen LogP contribution in [0.3, 0.4) is 0 Å². The zero-order valence-corrected chi connectivity index (χ0v) is 16.1. The van der Waals surface area contributed by atoms with Gasteiger partial charge in [0.25, 0.3) is 11.8 Å². The molecule has 0 unspecified atom stereocenters. The molecule has 0 fully saturated rings. The van der Waals surface area contributed by atoms with E-state index in [0.29, 0.717) is 24.1 Å². The first kappa shape index (κ1) is 20.1. The number of amides is 2. The van der Waals surface area contributed by atoms with Crippen LogP contribution in [0.1, 0.15) is 40.7 Å². The van der Waals surface area contributed by atoms with Crippen molar-refractivity contribution in [2.45, 2.75) is 25.8 Å². The summed E-state index contributed by atoms with van der Waals surface area (Å²) in [6.45, 7) is 1.88. The van der Waals surface area contributed by atoms with Crippen LogP contribution in [0.25, 0.3) is 11.1 Å². The highest BCUT2D eigenvalue weighted by Gasteiger charge is 2.11. The van der Waals surface area contributed by atoms with Gasteiger partial charge in [-0.15, -0.1) is 0 Å². The van der Waals surface area contributed by atoms with E-state index < -0.39 is 0 Å². The van der Waals surface area contributed by atoms with Gasteiger partial charge in [0.1, 0.15) is 6.29 Å². The summed E-state index contributed by atoms with van der Waals surface area (Å²) < 4.78 is 5.07. The predicted molar refractivity (Wildman–Crippen MR) is 111 cm³/mol. The van der Waals surface area contributed by atoms with Crippen LogP contribution in [0.2, 0.25) is 0 Å². The molecule has 6 nitrogen and oxygen atoms in total. The van der Waals surface area contributed by atoms with Gasteiger partial charge in [0.05, 0.1) is 6.26 Å². The van der Waals surface area contributed by atoms with Crippen molar-refractivity contribution in [2.75, 3.05) is 5.32 Å². The zero-order chi connectivity index (χ0) is 20.6. The average molecular weight is 390 g/mol. The molecule has 3 aromatic rings. The number of hydrogen-bond acceptors (Lipinski definition) is 4. The lowest BCUT2D eigenvalue weighted by Crippen LogP contribution is -2.32. The second-order valence-corrected chi connectivity index (χ2v) is 6.70. The zero-order valence-electron chi connectivity index (χ0n) is 16.1. The van der Waals surface area contributed by atoms with Gasteiger partial charge in [-0.25, -0.2) is 0 Å². The van der Waals surface area contributed by atoms with Gasteiger partial charge >= 0.3 is 0 Å². The number of nitrogens with one attached hydrogen (secondary N) is 2. The summed E-state index contributed by atoms with van der Waals surface area (Å²) in [5, 5.41) is 5.65. The first-order valence-electron chi connectivity index (χ1n) is 9.36. The molecule has 0 spiro atoms. The van der Waals surface area contributed by atoms with Crippen LogP contribution >= 0.6 is 0 Å². The van der Waals surface area contributed by atoms with Crippen LogP contribution in [0.4, 0.5) is 5.69 Å². The summed E-state index contributed by atoms with van der Waals surface area (Å²) in [7, 11) is 0. The van der Waals surface area contributed by atoms with Gasteiger partial charge in [-0.1, -0.05) is 24.3 Å². The molecule has 6 heteroatoms. The lowest BCUT2D eigenvalue weighted by Gasteiger charge is -2.12. The van der Waals surface area contributed by atoms with Crippen molar-refractivity contribution >= 4 is 23.8 Å². The van der Waals surface area contributed by atoms with E-state index in [9.17, 15) is 14.4 Å². The third kappa shape index (κ3) is 5.42. The van der Waals surface area contributed by atoms with E-state index in [4.69, 9.17) is 4.42 Å². The Labute approximate surface area is 168 Å². The molecule has 148 valence electrons. The van der Waals surface area contributed by atoms with E-state index in [1.807, 2.05) is 43.3 Å². The first-order chi connectivity index (χ1) is 14.1. The van der Waals surface area contributed by atoms with E-state index in [0.717, 1.165) is 17.4 Å². The Morgan fingerprint density at radius 2 is 1.62 bits per heavy atom. The SMILES string of the molecule is C[C@H](CCC=O)NC(=O)c1ccc(-c2ccc(NC(=O)c3ccco3)cc2)cc1. The fourth-order valence-electron chi connectivity index (χ4n) is 2.86. The second kappa shape index (κ2) is 9.50. The quantitative estimate of drug-likeness (QED) is 0.562. The lowest BCUT2D eigenvalue weighted by atomic mass is 10.0. The number of carbonyl (C=O) groups is 3. The number of anilines is 1. The summed E-state index contributed by atoms with van der Waals surface area (Å²) in [6, 6.07) is 17.9. The smallest absolute Gasteiger partial charge is 0.291 e. The van der Waals surface area contributed by atoms with Gasteiger partial charge in [-0.05, 0) is 60.9 Å². The molecule has 1 aromatic heterocycles. The molecule has 0 saturated heterocycles. The van der Waals surface area contributed by atoms with E-state index in [1.54, 1.807) is 24.3 Å². The Balaban J connectivity index is 1.61. The van der Waals surface area contributed by atoms with Crippen molar-refractivity contribution in [2.24, 2.45) is 0 Å². The molecule has 0 aliphatic heterocycles. The van der Waals surface area contributed by atoms with Crippen molar-refractivity contribution in [1.29, 1.82) is 0 Å².